The molecule has 1 saturated heterocycles. The van der Waals surface area contributed by atoms with Gasteiger partial charge in [0.1, 0.15) is 0 Å². The van der Waals surface area contributed by atoms with Crippen molar-refractivity contribution in [2.24, 2.45) is 5.92 Å². The van der Waals surface area contributed by atoms with E-state index in [0.717, 1.165) is 37.3 Å². The molecule has 0 amide bonds. The summed E-state index contributed by atoms with van der Waals surface area (Å²) in [6.07, 6.45) is 1.12. The zero-order chi connectivity index (χ0) is 15.8. The Balaban J connectivity index is 1.53. The topological polar surface area (TPSA) is 42.3 Å². The van der Waals surface area contributed by atoms with Crippen LogP contribution in [0.25, 0.3) is 0 Å². The Kier molecular flexibility index (Phi) is 3.62. The quantitative estimate of drug-likeness (QED) is 0.816. The number of carbonyl (C=O) groups excluding carboxylic acids is 1. The van der Waals surface area contributed by atoms with E-state index in [9.17, 15) is 9.59 Å². The molecular formula is C19H20N2O2. The molecule has 1 aromatic heterocycles. The van der Waals surface area contributed by atoms with Gasteiger partial charge in [0.05, 0.1) is 6.54 Å². The zero-order valence-electron chi connectivity index (χ0n) is 13.0. The van der Waals surface area contributed by atoms with Crippen LogP contribution in [0.2, 0.25) is 0 Å². The molecule has 118 valence electrons. The third-order valence-electron chi connectivity index (χ3n) is 5.02. The maximum atomic E-state index is 12.4. The SMILES string of the molecule is O=C(CN1C[C@@H]2C[C@H](C1)c1cccc(=O)n1C2)c1ccccc1. The molecule has 4 rings (SSSR count). The third kappa shape index (κ3) is 2.75. The molecular weight excluding hydrogens is 288 g/mol. The molecule has 23 heavy (non-hydrogen) atoms. The number of pyridine rings is 1. The Morgan fingerprint density at radius 2 is 1.83 bits per heavy atom. The van der Waals surface area contributed by atoms with E-state index in [1.807, 2.05) is 41.0 Å². The monoisotopic (exact) mass is 308 g/mol. The first-order valence-electron chi connectivity index (χ1n) is 8.21. The molecule has 2 bridgehead atoms. The highest BCUT2D eigenvalue weighted by Crippen LogP contribution is 2.34. The second-order valence-corrected chi connectivity index (χ2v) is 6.68. The fraction of sp³-hybridized carbons (Fsp3) is 0.368. The summed E-state index contributed by atoms with van der Waals surface area (Å²) in [4.78, 5) is 26.7. The number of aromatic nitrogens is 1. The van der Waals surface area contributed by atoms with E-state index in [4.69, 9.17) is 0 Å². The van der Waals surface area contributed by atoms with Gasteiger partial charge in [-0.25, -0.2) is 0 Å². The van der Waals surface area contributed by atoms with Crippen LogP contribution in [0.4, 0.5) is 0 Å². The summed E-state index contributed by atoms with van der Waals surface area (Å²) in [7, 11) is 0. The standard InChI is InChI=1S/C19H20N2O2/c22-18(15-5-2-1-3-6-15)13-20-10-14-9-16(12-20)17-7-4-8-19(23)21(17)11-14/h1-8,14,16H,9-13H2/t14-,16+/m0/s1. The van der Waals surface area contributed by atoms with Crippen LogP contribution in [-0.4, -0.2) is 34.9 Å². The summed E-state index contributed by atoms with van der Waals surface area (Å²) in [5, 5.41) is 0. The minimum atomic E-state index is 0.103. The van der Waals surface area contributed by atoms with Crippen molar-refractivity contribution in [2.45, 2.75) is 18.9 Å². The van der Waals surface area contributed by atoms with Crippen molar-refractivity contribution in [3.8, 4) is 0 Å². The van der Waals surface area contributed by atoms with Crippen LogP contribution < -0.4 is 5.56 Å². The molecule has 1 fully saturated rings. The number of nitrogens with zero attached hydrogens (tertiary/aromatic N) is 2. The maximum Gasteiger partial charge on any atom is 0.250 e. The average Bonchev–Trinajstić information content (AvgIpc) is 2.57. The fourth-order valence-electron chi connectivity index (χ4n) is 4.04. The lowest BCUT2D eigenvalue weighted by Gasteiger charge is -2.42. The van der Waals surface area contributed by atoms with Crippen molar-refractivity contribution in [3.05, 3.63) is 70.1 Å². The van der Waals surface area contributed by atoms with Crippen LogP contribution >= 0.6 is 0 Å². The predicted molar refractivity (Wildman–Crippen MR) is 88.8 cm³/mol. The van der Waals surface area contributed by atoms with Crippen molar-refractivity contribution < 1.29 is 4.79 Å². The zero-order valence-corrected chi connectivity index (χ0v) is 13.0. The molecule has 0 N–H and O–H groups in total. The van der Waals surface area contributed by atoms with E-state index in [0.29, 0.717) is 18.4 Å². The Labute approximate surface area is 135 Å². The number of fused-ring (bicyclic) bond motifs is 4. The molecule has 4 heteroatoms. The van der Waals surface area contributed by atoms with Gasteiger partial charge in [-0.3, -0.25) is 14.5 Å². The highest BCUT2D eigenvalue weighted by atomic mass is 16.1. The number of carbonyl (C=O) groups is 1. The van der Waals surface area contributed by atoms with E-state index in [1.54, 1.807) is 6.07 Å². The van der Waals surface area contributed by atoms with Crippen molar-refractivity contribution in [2.75, 3.05) is 19.6 Å². The molecule has 3 heterocycles. The van der Waals surface area contributed by atoms with E-state index in [-0.39, 0.29) is 11.3 Å². The summed E-state index contributed by atoms with van der Waals surface area (Å²) in [5.74, 6) is 1.00. The van der Waals surface area contributed by atoms with Crippen molar-refractivity contribution in [1.82, 2.24) is 9.47 Å². The third-order valence-corrected chi connectivity index (χ3v) is 5.02. The van der Waals surface area contributed by atoms with Gasteiger partial charge in [0.2, 0.25) is 0 Å². The number of benzene rings is 1. The van der Waals surface area contributed by atoms with Crippen LogP contribution in [0.3, 0.4) is 0 Å². The molecule has 2 aliphatic rings. The number of ketones is 1. The molecule has 0 unspecified atom stereocenters. The molecule has 0 spiro atoms. The van der Waals surface area contributed by atoms with Crippen LogP contribution in [-0.2, 0) is 6.54 Å². The summed E-state index contributed by atoms with van der Waals surface area (Å²) in [5.41, 5.74) is 2.01. The minimum absolute atomic E-state index is 0.103. The molecule has 0 saturated carbocycles. The Morgan fingerprint density at radius 3 is 2.65 bits per heavy atom. The van der Waals surface area contributed by atoms with E-state index in [2.05, 4.69) is 11.0 Å². The molecule has 2 atom stereocenters. The van der Waals surface area contributed by atoms with E-state index in [1.165, 1.54) is 0 Å². The second-order valence-electron chi connectivity index (χ2n) is 6.68. The van der Waals surface area contributed by atoms with E-state index >= 15 is 0 Å². The minimum Gasteiger partial charge on any atom is -0.312 e. The number of likely N-dealkylation sites (tertiary alicyclic amines) is 1. The van der Waals surface area contributed by atoms with Crippen LogP contribution in [0, 0.1) is 5.92 Å². The van der Waals surface area contributed by atoms with Crippen LogP contribution in [0.1, 0.15) is 28.4 Å². The fourth-order valence-corrected chi connectivity index (χ4v) is 4.04. The molecule has 0 aliphatic carbocycles. The van der Waals surface area contributed by atoms with Gasteiger partial charge in [-0.1, -0.05) is 36.4 Å². The van der Waals surface area contributed by atoms with Crippen LogP contribution in [0.5, 0.6) is 0 Å². The molecule has 0 radical (unpaired) electrons. The normalized spacial score (nSPS) is 23.3. The Morgan fingerprint density at radius 1 is 1.00 bits per heavy atom. The molecule has 2 aliphatic heterocycles. The highest BCUT2D eigenvalue weighted by molar-refractivity contribution is 5.97. The summed E-state index contributed by atoms with van der Waals surface area (Å²) < 4.78 is 1.93. The van der Waals surface area contributed by atoms with Crippen molar-refractivity contribution in [1.29, 1.82) is 0 Å². The van der Waals surface area contributed by atoms with Gasteiger partial charge in [-0.2, -0.15) is 0 Å². The van der Waals surface area contributed by atoms with Gasteiger partial charge in [0, 0.05) is 42.9 Å². The Hall–Kier alpha value is -2.20. The summed E-state index contributed by atoms with van der Waals surface area (Å²) >= 11 is 0. The lowest BCUT2D eigenvalue weighted by molar-refractivity contribution is 0.0817. The Bertz CT molecular complexity index is 781. The largest absolute Gasteiger partial charge is 0.312 e. The van der Waals surface area contributed by atoms with E-state index < -0.39 is 0 Å². The first-order chi connectivity index (χ1) is 11.2. The highest BCUT2D eigenvalue weighted by Gasteiger charge is 2.34. The van der Waals surface area contributed by atoms with Gasteiger partial charge in [0.15, 0.2) is 5.78 Å². The van der Waals surface area contributed by atoms with Gasteiger partial charge in [0.25, 0.3) is 5.56 Å². The lowest BCUT2D eigenvalue weighted by Crippen LogP contribution is -2.48. The van der Waals surface area contributed by atoms with Gasteiger partial charge < -0.3 is 4.57 Å². The van der Waals surface area contributed by atoms with Gasteiger partial charge >= 0.3 is 0 Å². The van der Waals surface area contributed by atoms with Gasteiger partial charge in [-0.05, 0) is 18.4 Å². The number of hydrogen-bond acceptors (Lipinski definition) is 3. The number of Topliss-reactive ketones (excluding diaryl/α,β-unsaturated/α-hetero) is 1. The first kappa shape index (κ1) is 14.4. The predicted octanol–water partition coefficient (Wildman–Crippen LogP) is 2.15. The first-order valence-corrected chi connectivity index (χ1v) is 8.21. The summed E-state index contributed by atoms with van der Waals surface area (Å²) in [6, 6.07) is 15.0. The lowest BCUT2D eigenvalue weighted by atomic mass is 9.83. The number of hydrogen-bond donors (Lipinski definition) is 0. The average molecular weight is 308 g/mol. The number of piperidine rings is 1. The smallest absolute Gasteiger partial charge is 0.250 e. The second kappa shape index (κ2) is 5.78. The summed E-state index contributed by atoms with van der Waals surface area (Å²) in [6.45, 7) is 3.00. The van der Waals surface area contributed by atoms with Gasteiger partial charge in [-0.15, -0.1) is 0 Å². The number of rotatable bonds is 3. The maximum absolute atomic E-state index is 12.4. The van der Waals surface area contributed by atoms with Crippen LogP contribution in [0.15, 0.2) is 53.3 Å². The molecule has 4 nitrogen and oxygen atoms in total. The molecule has 1 aromatic carbocycles. The molecule has 2 aromatic rings. The van der Waals surface area contributed by atoms with Crippen molar-refractivity contribution >= 4 is 5.78 Å². The van der Waals surface area contributed by atoms with Crippen molar-refractivity contribution in [3.63, 3.8) is 0 Å².